The second-order valence-corrected chi connectivity index (χ2v) is 7.24. The number of carbonyl (C=O) groups is 2. The first kappa shape index (κ1) is 21.0. The van der Waals surface area contributed by atoms with Gasteiger partial charge in [0, 0.05) is 11.1 Å². The summed E-state index contributed by atoms with van der Waals surface area (Å²) >= 11 is 0. The number of fused-ring (bicyclic) bond motifs is 1. The molecule has 0 spiro atoms. The lowest BCUT2D eigenvalue weighted by Crippen LogP contribution is -2.42. The number of carbonyl (C=O) groups excluding carboxylic acids is 2. The standard InChI is InChI=1S/C25H19FN2O4/c1-15-22(30)19-8-5-9-20(24(19)32-23(15)17-6-3-2-4-7-17)25(31)28-27-21(29)14-16-10-12-18(26)13-11-16/h2-13H,14H2,1H3,(H,27,29)(H,28,31). The molecule has 0 saturated carbocycles. The maximum atomic E-state index is 13.0. The molecule has 0 saturated heterocycles. The number of para-hydroxylation sites is 1. The molecule has 0 fully saturated rings. The van der Waals surface area contributed by atoms with Crippen molar-refractivity contribution in [2.75, 3.05) is 0 Å². The molecular formula is C25H19FN2O4. The SMILES string of the molecule is Cc1c(-c2ccccc2)oc2c(C(=O)NNC(=O)Cc3ccc(F)cc3)cccc2c1=O. The largest absolute Gasteiger partial charge is 0.455 e. The number of hydrogen-bond donors (Lipinski definition) is 2. The summed E-state index contributed by atoms with van der Waals surface area (Å²) in [5.41, 5.74) is 6.42. The van der Waals surface area contributed by atoms with Crippen LogP contribution in [0.4, 0.5) is 4.39 Å². The Kier molecular flexibility index (Phi) is 5.81. The molecule has 4 aromatic rings. The lowest BCUT2D eigenvalue weighted by Gasteiger charge is -2.11. The fourth-order valence-electron chi connectivity index (χ4n) is 3.38. The second kappa shape index (κ2) is 8.85. The van der Waals surface area contributed by atoms with Crippen molar-refractivity contribution >= 4 is 22.8 Å². The minimum atomic E-state index is -0.630. The van der Waals surface area contributed by atoms with Gasteiger partial charge in [-0.15, -0.1) is 0 Å². The molecule has 2 N–H and O–H groups in total. The van der Waals surface area contributed by atoms with Crippen LogP contribution in [0.3, 0.4) is 0 Å². The summed E-state index contributed by atoms with van der Waals surface area (Å²) in [6.45, 7) is 1.68. The van der Waals surface area contributed by atoms with Gasteiger partial charge in [-0.3, -0.25) is 25.2 Å². The maximum absolute atomic E-state index is 13.0. The van der Waals surface area contributed by atoms with Crippen LogP contribution >= 0.6 is 0 Å². The topological polar surface area (TPSA) is 88.4 Å². The number of hydrogen-bond acceptors (Lipinski definition) is 4. The van der Waals surface area contributed by atoms with Gasteiger partial charge in [0.25, 0.3) is 5.91 Å². The number of hydrazine groups is 1. The van der Waals surface area contributed by atoms with Crippen LogP contribution in [0.1, 0.15) is 21.5 Å². The third-order valence-electron chi connectivity index (χ3n) is 5.02. The van der Waals surface area contributed by atoms with Crippen LogP contribution in [0.2, 0.25) is 0 Å². The van der Waals surface area contributed by atoms with Crippen LogP contribution in [0, 0.1) is 12.7 Å². The Hall–Kier alpha value is -4.26. The van der Waals surface area contributed by atoms with E-state index in [1.54, 1.807) is 19.1 Å². The summed E-state index contributed by atoms with van der Waals surface area (Å²) < 4.78 is 19.0. The molecule has 1 aromatic heterocycles. The van der Waals surface area contributed by atoms with E-state index in [4.69, 9.17) is 4.42 Å². The Balaban J connectivity index is 1.60. The summed E-state index contributed by atoms with van der Waals surface area (Å²) in [6.07, 6.45) is -0.0392. The van der Waals surface area contributed by atoms with E-state index < -0.39 is 17.6 Å². The van der Waals surface area contributed by atoms with Crippen molar-refractivity contribution in [3.05, 3.63) is 106 Å². The van der Waals surface area contributed by atoms with E-state index >= 15 is 0 Å². The van der Waals surface area contributed by atoms with E-state index in [-0.39, 0.29) is 28.4 Å². The average Bonchev–Trinajstić information content (AvgIpc) is 2.81. The molecular weight excluding hydrogens is 411 g/mol. The molecule has 2 amide bonds. The molecule has 0 radical (unpaired) electrons. The van der Waals surface area contributed by atoms with Crippen molar-refractivity contribution < 1.29 is 18.4 Å². The Morgan fingerprint density at radius 3 is 2.34 bits per heavy atom. The van der Waals surface area contributed by atoms with Gasteiger partial charge in [-0.2, -0.15) is 0 Å². The summed E-state index contributed by atoms with van der Waals surface area (Å²) in [4.78, 5) is 37.8. The molecule has 0 aliphatic rings. The van der Waals surface area contributed by atoms with E-state index in [9.17, 15) is 18.8 Å². The fourth-order valence-corrected chi connectivity index (χ4v) is 3.38. The minimum absolute atomic E-state index is 0.0392. The normalized spacial score (nSPS) is 10.7. The Bertz CT molecular complexity index is 1360. The van der Waals surface area contributed by atoms with Crippen LogP contribution in [0.5, 0.6) is 0 Å². The number of halogens is 1. The summed E-state index contributed by atoms with van der Waals surface area (Å²) in [5.74, 6) is -1.13. The lowest BCUT2D eigenvalue weighted by atomic mass is 10.0. The van der Waals surface area contributed by atoms with E-state index in [0.29, 0.717) is 22.5 Å². The molecule has 6 nitrogen and oxygen atoms in total. The highest BCUT2D eigenvalue weighted by molar-refractivity contribution is 6.05. The van der Waals surface area contributed by atoms with Gasteiger partial charge in [0.1, 0.15) is 11.6 Å². The molecule has 32 heavy (non-hydrogen) atoms. The van der Waals surface area contributed by atoms with Gasteiger partial charge in [0.2, 0.25) is 5.91 Å². The second-order valence-electron chi connectivity index (χ2n) is 7.24. The van der Waals surface area contributed by atoms with Crippen molar-refractivity contribution in [2.45, 2.75) is 13.3 Å². The minimum Gasteiger partial charge on any atom is -0.455 e. The molecule has 0 atom stereocenters. The van der Waals surface area contributed by atoms with E-state index in [1.165, 1.54) is 30.3 Å². The average molecular weight is 430 g/mol. The first-order valence-electron chi connectivity index (χ1n) is 9.89. The van der Waals surface area contributed by atoms with Gasteiger partial charge < -0.3 is 4.42 Å². The Morgan fingerprint density at radius 2 is 1.62 bits per heavy atom. The maximum Gasteiger partial charge on any atom is 0.273 e. The number of amides is 2. The van der Waals surface area contributed by atoms with Crippen LogP contribution in [-0.2, 0) is 11.2 Å². The van der Waals surface area contributed by atoms with Gasteiger partial charge >= 0.3 is 0 Å². The van der Waals surface area contributed by atoms with Crippen LogP contribution in [0.25, 0.3) is 22.3 Å². The monoisotopic (exact) mass is 430 g/mol. The van der Waals surface area contributed by atoms with Crippen LogP contribution < -0.4 is 16.3 Å². The van der Waals surface area contributed by atoms with E-state index in [0.717, 1.165) is 0 Å². The van der Waals surface area contributed by atoms with Crippen LogP contribution in [0.15, 0.2) is 82.0 Å². The van der Waals surface area contributed by atoms with Gasteiger partial charge in [0.05, 0.1) is 17.4 Å². The third kappa shape index (κ3) is 4.27. The zero-order chi connectivity index (χ0) is 22.7. The van der Waals surface area contributed by atoms with Crippen molar-refractivity contribution in [3.8, 4) is 11.3 Å². The summed E-state index contributed by atoms with van der Waals surface area (Å²) in [7, 11) is 0. The van der Waals surface area contributed by atoms with E-state index in [2.05, 4.69) is 10.9 Å². The zero-order valence-electron chi connectivity index (χ0n) is 17.1. The highest BCUT2D eigenvalue weighted by atomic mass is 19.1. The number of benzene rings is 3. The lowest BCUT2D eigenvalue weighted by molar-refractivity contribution is -0.121. The molecule has 0 unspecified atom stereocenters. The van der Waals surface area contributed by atoms with Gasteiger partial charge in [0.15, 0.2) is 11.0 Å². The fraction of sp³-hybridized carbons (Fsp3) is 0.0800. The Labute approximate surface area is 182 Å². The molecule has 160 valence electrons. The molecule has 3 aromatic carbocycles. The van der Waals surface area contributed by atoms with Crippen molar-refractivity contribution in [1.29, 1.82) is 0 Å². The van der Waals surface area contributed by atoms with Crippen LogP contribution in [-0.4, -0.2) is 11.8 Å². The molecule has 0 aliphatic carbocycles. The molecule has 1 heterocycles. The Morgan fingerprint density at radius 1 is 0.906 bits per heavy atom. The quantitative estimate of drug-likeness (QED) is 0.481. The summed E-state index contributed by atoms with van der Waals surface area (Å²) in [6, 6.07) is 19.3. The molecule has 7 heteroatoms. The van der Waals surface area contributed by atoms with Gasteiger partial charge in [-0.25, -0.2) is 4.39 Å². The number of rotatable bonds is 4. The molecule has 0 aliphatic heterocycles. The van der Waals surface area contributed by atoms with Crippen molar-refractivity contribution in [1.82, 2.24) is 10.9 Å². The zero-order valence-corrected chi connectivity index (χ0v) is 17.1. The van der Waals surface area contributed by atoms with Gasteiger partial charge in [-0.05, 0) is 36.8 Å². The van der Waals surface area contributed by atoms with Gasteiger partial charge in [-0.1, -0.05) is 48.5 Å². The first-order valence-corrected chi connectivity index (χ1v) is 9.89. The first-order chi connectivity index (χ1) is 15.4. The predicted molar refractivity (Wildman–Crippen MR) is 118 cm³/mol. The highest BCUT2D eigenvalue weighted by Gasteiger charge is 2.18. The molecule has 0 bridgehead atoms. The smallest absolute Gasteiger partial charge is 0.273 e. The highest BCUT2D eigenvalue weighted by Crippen LogP contribution is 2.27. The third-order valence-corrected chi connectivity index (χ3v) is 5.02. The number of nitrogens with one attached hydrogen (secondary N) is 2. The molecule has 4 rings (SSSR count). The summed E-state index contributed by atoms with van der Waals surface area (Å²) in [5, 5.41) is 0.271. The van der Waals surface area contributed by atoms with Crippen molar-refractivity contribution in [3.63, 3.8) is 0 Å². The van der Waals surface area contributed by atoms with E-state index in [1.807, 2.05) is 30.3 Å². The predicted octanol–water partition coefficient (Wildman–Crippen LogP) is 3.91. The van der Waals surface area contributed by atoms with Crippen molar-refractivity contribution in [2.24, 2.45) is 0 Å².